The zero-order valence-electron chi connectivity index (χ0n) is 16.6. The fourth-order valence-electron chi connectivity index (χ4n) is 3.50. The Hall–Kier alpha value is -2.64. The lowest BCUT2D eigenvalue weighted by Gasteiger charge is -2.31. The quantitative estimate of drug-likeness (QED) is 0.554. The van der Waals surface area contributed by atoms with Crippen LogP contribution < -0.4 is 10.1 Å². The van der Waals surface area contributed by atoms with Gasteiger partial charge in [-0.1, -0.05) is 28.1 Å². The van der Waals surface area contributed by atoms with Crippen LogP contribution in [0.1, 0.15) is 34.9 Å². The number of aromatic nitrogens is 1. The van der Waals surface area contributed by atoms with Crippen LogP contribution in [0.5, 0.6) is 5.75 Å². The molecule has 0 spiro atoms. The number of pyridine rings is 1. The molecule has 0 saturated carbocycles. The van der Waals surface area contributed by atoms with Crippen LogP contribution in [0.2, 0.25) is 0 Å². The fourth-order valence-corrected chi connectivity index (χ4v) is 3.88. The molecule has 1 amide bonds. The number of piperidine rings is 1. The first-order chi connectivity index (χ1) is 14.7. The van der Waals surface area contributed by atoms with Crippen LogP contribution in [0.4, 0.5) is 0 Å². The van der Waals surface area contributed by atoms with Crippen molar-refractivity contribution in [2.24, 2.45) is 0 Å². The summed E-state index contributed by atoms with van der Waals surface area (Å²) in [4.78, 5) is 19.3. The Kier molecular flexibility index (Phi) is 6.81. The summed E-state index contributed by atoms with van der Waals surface area (Å²) in [7, 11) is 0. The number of carbonyl (C=O) groups is 1. The number of rotatable bonds is 7. The molecule has 156 valence electrons. The van der Waals surface area contributed by atoms with Gasteiger partial charge < -0.3 is 14.5 Å². The average Bonchev–Trinajstić information content (AvgIpc) is 3.24. The van der Waals surface area contributed by atoms with Gasteiger partial charge in [0.15, 0.2) is 5.76 Å². The monoisotopic (exact) mass is 469 g/mol. The number of furan rings is 1. The Bertz CT molecular complexity index is 969. The molecule has 1 aliphatic rings. The van der Waals surface area contributed by atoms with Gasteiger partial charge in [-0.15, -0.1) is 0 Å². The Morgan fingerprint density at radius 2 is 2.03 bits per heavy atom. The highest BCUT2D eigenvalue weighted by molar-refractivity contribution is 9.10. The van der Waals surface area contributed by atoms with Crippen LogP contribution in [0.15, 0.2) is 69.7 Å². The van der Waals surface area contributed by atoms with E-state index < -0.39 is 0 Å². The van der Waals surface area contributed by atoms with E-state index in [0.717, 1.165) is 48.4 Å². The molecule has 3 aromatic rings. The lowest BCUT2D eigenvalue weighted by molar-refractivity contribution is 0.0876. The molecule has 7 heteroatoms. The van der Waals surface area contributed by atoms with Gasteiger partial charge in [-0.3, -0.25) is 14.7 Å². The third kappa shape index (κ3) is 5.70. The van der Waals surface area contributed by atoms with Gasteiger partial charge in [0, 0.05) is 36.3 Å². The van der Waals surface area contributed by atoms with E-state index in [1.54, 1.807) is 12.1 Å². The summed E-state index contributed by atoms with van der Waals surface area (Å²) < 4.78 is 12.3. The first-order valence-corrected chi connectivity index (χ1v) is 10.9. The van der Waals surface area contributed by atoms with Crippen molar-refractivity contribution >= 4 is 21.8 Å². The summed E-state index contributed by atoms with van der Waals surface area (Å²) in [5.74, 6) is 1.50. The number of hydrogen-bond donors (Lipinski definition) is 1. The fraction of sp³-hybridized carbons (Fsp3) is 0.304. The predicted molar refractivity (Wildman–Crippen MR) is 117 cm³/mol. The van der Waals surface area contributed by atoms with E-state index in [1.807, 2.05) is 48.7 Å². The Labute approximate surface area is 184 Å². The molecular formula is C23H24BrN3O3. The molecule has 0 radical (unpaired) electrons. The van der Waals surface area contributed by atoms with Crippen LogP contribution >= 0.6 is 15.9 Å². The van der Waals surface area contributed by atoms with Crippen molar-refractivity contribution in [3.05, 3.63) is 82.5 Å². The zero-order valence-corrected chi connectivity index (χ0v) is 18.2. The summed E-state index contributed by atoms with van der Waals surface area (Å²) >= 11 is 3.42. The maximum atomic E-state index is 12.5. The van der Waals surface area contributed by atoms with E-state index in [2.05, 4.69) is 31.1 Å². The number of nitrogens with one attached hydrogen (secondary N) is 1. The molecule has 3 heterocycles. The van der Waals surface area contributed by atoms with Gasteiger partial charge in [-0.25, -0.2) is 0 Å². The number of amides is 1. The molecule has 0 bridgehead atoms. The van der Waals surface area contributed by atoms with Crippen molar-refractivity contribution in [3.8, 4) is 5.75 Å². The van der Waals surface area contributed by atoms with Gasteiger partial charge in [0.05, 0.1) is 5.69 Å². The van der Waals surface area contributed by atoms with Crippen molar-refractivity contribution in [3.63, 3.8) is 0 Å². The van der Waals surface area contributed by atoms with Gasteiger partial charge in [0.25, 0.3) is 5.91 Å². The van der Waals surface area contributed by atoms with Crippen LogP contribution in [0.25, 0.3) is 0 Å². The van der Waals surface area contributed by atoms with Gasteiger partial charge >= 0.3 is 0 Å². The normalized spacial score (nSPS) is 15.1. The smallest absolute Gasteiger partial charge is 0.287 e. The van der Waals surface area contributed by atoms with Crippen molar-refractivity contribution < 1.29 is 13.9 Å². The SMILES string of the molecule is O=C(NC1CCN(Cc2ccccn2)CC1)c1ccc(COc2cccc(Br)c2)o1. The van der Waals surface area contributed by atoms with E-state index in [-0.39, 0.29) is 18.6 Å². The summed E-state index contributed by atoms with van der Waals surface area (Å²) in [5, 5.41) is 3.09. The number of halogens is 1. The topological polar surface area (TPSA) is 67.6 Å². The Morgan fingerprint density at radius 1 is 1.17 bits per heavy atom. The van der Waals surface area contributed by atoms with E-state index in [4.69, 9.17) is 9.15 Å². The number of carbonyl (C=O) groups excluding carboxylic acids is 1. The lowest BCUT2D eigenvalue weighted by Crippen LogP contribution is -2.44. The van der Waals surface area contributed by atoms with Crippen molar-refractivity contribution in [1.29, 1.82) is 0 Å². The van der Waals surface area contributed by atoms with E-state index in [1.165, 1.54) is 0 Å². The zero-order chi connectivity index (χ0) is 20.8. The van der Waals surface area contributed by atoms with Gasteiger partial charge in [-0.2, -0.15) is 0 Å². The third-order valence-electron chi connectivity index (χ3n) is 5.10. The first-order valence-electron chi connectivity index (χ1n) is 10.1. The summed E-state index contributed by atoms with van der Waals surface area (Å²) in [6, 6.07) is 17.2. The molecular weight excluding hydrogens is 446 g/mol. The number of nitrogens with zero attached hydrogens (tertiary/aromatic N) is 2. The Morgan fingerprint density at radius 3 is 2.80 bits per heavy atom. The van der Waals surface area contributed by atoms with Crippen LogP contribution in [-0.4, -0.2) is 34.9 Å². The number of benzene rings is 1. The van der Waals surface area contributed by atoms with Crippen LogP contribution in [0.3, 0.4) is 0 Å². The lowest BCUT2D eigenvalue weighted by atomic mass is 10.0. The predicted octanol–water partition coefficient (Wildman–Crippen LogP) is 4.41. The highest BCUT2D eigenvalue weighted by Gasteiger charge is 2.22. The largest absolute Gasteiger partial charge is 0.486 e. The molecule has 0 atom stereocenters. The van der Waals surface area contributed by atoms with Gasteiger partial charge in [0.2, 0.25) is 0 Å². The standard InChI is InChI=1S/C23H24BrN3O3/c24-17-4-3-6-20(14-17)29-16-21-7-8-22(30-21)23(28)26-18-9-12-27(13-10-18)15-19-5-1-2-11-25-19/h1-8,11,14,18H,9-10,12-13,15-16H2,(H,26,28). The molecule has 0 unspecified atom stereocenters. The van der Waals surface area contributed by atoms with Gasteiger partial charge in [-0.05, 0) is 55.3 Å². The summed E-state index contributed by atoms with van der Waals surface area (Å²) in [5.41, 5.74) is 1.08. The maximum absolute atomic E-state index is 12.5. The number of likely N-dealkylation sites (tertiary alicyclic amines) is 1. The molecule has 1 fully saturated rings. The van der Waals surface area contributed by atoms with Crippen molar-refractivity contribution in [1.82, 2.24) is 15.2 Å². The average molecular weight is 470 g/mol. The van der Waals surface area contributed by atoms with Crippen LogP contribution in [0, 0.1) is 0 Å². The molecule has 0 aliphatic carbocycles. The second-order valence-corrected chi connectivity index (χ2v) is 8.27. The second kappa shape index (κ2) is 9.91. The highest BCUT2D eigenvalue weighted by Crippen LogP contribution is 2.20. The maximum Gasteiger partial charge on any atom is 0.287 e. The molecule has 6 nitrogen and oxygen atoms in total. The van der Waals surface area contributed by atoms with E-state index >= 15 is 0 Å². The highest BCUT2D eigenvalue weighted by atomic mass is 79.9. The van der Waals surface area contributed by atoms with Gasteiger partial charge in [0.1, 0.15) is 18.1 Å². The molecule has 4 rings (SSSR count). The Balaban J connectivity index is 1.23. The third-order valence-corrected chi connectivity index (χ3v) is 5.59. The molecule has 1 aromatic carbocycles. The van der Waals surface area contributed by atoms with Crippen molar-refractivity contribution in [2.45, 2.75) is 32.0 Å². The van der Waals surface area contributed by atoms with E-state index in [0.29, 0.717) is 11.5 Å². The molecule has 1 saturated heterocycles. The van der Waals surface area contributed by atoms with Crippen molar-refractivity contribution in [2.75, 3.05) is 13.1 Å². The number of hydrogen-bond acceptors (Lipinski definition) is 5. The first kappa shape index (κ1) is 20.6. The second-order valence-electron chi connectivity index (χ2n) is 7.36. The summed E-state index contributed by atoms with van der Waals surface area (Å²) in [6.07, 6.45) is 3.65. The molecule has 1 N–H and O–H groups in total. The molecule has 2 aromatic heterocycles. The minimum absolute atomic E-state index is 0.156. The van der Waals surface area contributed by atoms with Crippen LogP contribution in [-0.2, 0) is 13.2 Å². The minimum atomic E-state index is -0.174. The minimum Gasteiger partial charge on any atom is -0.486 e. The number of ether oxygens (including phenoxy) is 1. The summed E-state index contributed by atoms with van der Waals surface area (Å²) in [6.45, 7) is 2.99. The molecule has 1 aliphatic heterocycles. The van der Waals surface area contributed by atoms with E-state index in [9.17, 15) is 4.79 Å². The molecule has 30 heavy (non-hydrogen) atoms.